The third-order valence-electron chi connectivity index (χ3n) is 4.89. The highest BCUT2D eigenvalue weighted by atomic mass is 79.9. The number of aryl methyl sites for hydroxylation is 1. The molecule has 0 amide bonds. The van der Waals surface area contributed by atoms with E-state index < -0.39 is 12.0 Å². The summed E-state index contributed by atoms with van der Waals surface area (Å²) in [7, 11) is 1.96. The van der Waals surface area contributed by atoms with Crippen LogP contribution in [-0.4, -0.2) is 42.8 Å². The number of rotatable bonds is 3. The second-order valence-corrected chi connectivity index (χ2v) is 7.42. The van der Waals surface area contributed by atoms with Gasteiger partial charge in [0, 0.05) is 43.0 Å². The van der Waals surface area contributed by atoms with Crippen LogP contribution in [0.3, 0.4) is 0 Å². The van der Waals surface area contributed by atoms with Gasteiger partial charge in [-0.3, -0.25) is 4.79 Å². The molecular formula is C17H19BrN6O2. The molecule has 2 atom stereocenters. The first-order valence-corrected chi connectivity index (χ1v) is 9.16. The molecule has 2 unspecified atom stereocenters. The monoisotopic (exact) mass is 418 g/mol. The zero-order chi connectivity index (χ0) is 18.4. The van der Waals surface area contributed by atoms with Gasteiger partial charge in [0.2, 0.25) is 0 Å². The van der Waals surface area contributed by atoms with Gasteiger partial charge in [0.15, 0.2) is 5.65 Å². The number of carboxylic acid groups (broad SMARTS) is 1. The number of piperidine rings is 1. The number of nitrogens with two attached hydrogens (primary N) is 1. The molecule has 4 heterocycles. The molecule has 0 bridgehead atoms. The SMILES string of the molecule is Cn1ccc(-c2cnn3c(N)c(Br)c(C4CCC(C(=O)O)NC4)nc23)c1. The summed E-state index contributed by atoms with van der Waals surface area (Å²) in [6.07, 6.45) is 7.04. The zero-order valence-corrected chi connectivity index (χ0v) is 15.8. The fourth-order valence-corrected chi connectivity index (χ4v) is 4.03. The Morgan fingerprint density at radius 3 is 2.88 bits per heavy atom. The average molecular weight is 419 g/mol. The maximum atomic E-state index is 11.1. The van der Waals surface area contributed by atoms with Crippen LogP contribution in [0.5, 0.6) is 0 Å². The van der Waals surface area contributed by atoms with Gasteiger partial charge >= 0.3 is 5.97 Å². The Kier molecular flexibility index (Phi) is 4.20. The molecule has 0 radical (unpaired) electrons. The van der Waals surface area contributed by atoms with Gasteiger partial charge in [0.05, 0.1) is 16.4 Å². The van der Waals surface area contributed by atoms with Crippen LogP contribution < -0.4 is 11.1 Å². The van der Waals surface area contributed by atoms with Crippen LogP contribution >= 0.6 is 15.9 Å². The molecule has 0 aromatic carbocycles. The number of fused-ring (bicyclic) bond motifs is 1. The van der Waals surface area contributed by atoms with Crippen LogP contribution in [0.25, 0.3) is 16.8 Å². The summed E-state index contributed by atoms with van der Waals surface area (Å²) in [5, 5.41) is 16.6. The standard InChI is InChI=1S/C17H19BrN6O2/c1-23-5-4-10(8-23)11-7-21-24-15(19)13(18)14(22-16(11)24)9-2-3-12(17(25)26)20-6-9/h4-5,7-9,12,20H,2-3,6,19H2,1H3,(H,25,26). The molecular weight excluding hydrogens is 400 g/mol. The molecule has 136 valence electrons. The van der Waals surface area contributed by atoms with Crippen molar-refractivity contribution in [1.82, 2.24) is 24.5 Å². The van der Waals surface area contributed by atoms with Gasteiger partial charge in [0.25, 0.3) is 0 Å². The second-order valence-electron chi connectivity index (χ2n) is 6.63. The zero-order valence-electron chi connectivity index (χ0n) is 14.2. The van der Waals surface area contributed by atoms with E-state index in [-0.39, 0.29) is 5.92 Å². The van der Waals surface area contributed by atoms with Crippen LogP contribution in [0.2, 0.25) is 0 Å². The number of nitrogens with zero attached hydrogens (tertiary/aromatic N) is 4. The number of hydrogen-bond donors (Lipinski definition) is 3. The predicted octanol–water partition coefficient (Wildman–Crippen LogP) is 2.00. The quantitative estimate of drug-likeness (QED) is 0.599. The van der Waals surface area contributed by atoms with E-state index in [4.69, 9.17) is 15.8 Å². The van der Waals surface area contributed by atoms with E-state index in [0.29, 0.717) is 28.9 Å². The van der Waals surface area contributed by atoms with Crippen LogP contribution in [0.1, 0.15) is 24.5 Å². The minimum Gasteiger partial charge on any atom is -0.480 e. The van der Waals surface area contributed by atoms with Crippen molar-refractivity contribution in [2.24, 2.45) is 7.05 Å². The molecule has 1 aliphatic heterocycles. The van der Waals surface area contributed by atoms with Gasteiger partial charge in [-0.25, -0.2) is 4.98 Å². The van der Waals surface area contributed by atoms with Crippen molar-refractivity contribution >= 4 is 33.4 Å². The topological polar surface area (TPSA) is 110 Å². The Labute approximate surface area is 158 Å². The van der Waals surface area contributed by atoms with E-state index in [9.17, 15) is 4.79 Å². The molecule has 9 heteroatoms. The molecule has 1 saturated heterocycles. The highest BCUT2D eigenvalue weighted by Gasteiger charge is 2.29. The number of carboxylic acids is 1. The highest BCUT2D eigenvalue weighted by molar-refractivity contribution is 9.10. The average Bonchev–Trinajstić information content (AvgIpc) is 3.24. The number of aliphatic carboxylic acids is 1. The molecule has 26 heavy (non-hydrogen) atoms. The Morgan fingerprint density at radius 2 is 2.27 bits per heavy atom. The van der Waals surface area contributed by atoms with E-state index in [0.717, 1.165) is 23.2 Å². The first kappa shape index (κ1) is 17.0. The summed E-state index contributed by atoms with van der Waals surface area (Å²) in [4.78, 5) is 16.0. The fraction of sp³-hybridized carbons (Fsp3) is 0.353. The molecule has 3 aromatic heterocycles. The molecule has 0 aliphatic carbocycles. The lowest BCUT2D eigenvalue weighted by Crippen LogP contribution is -2.43. The van der Waals surface area contributed by atoms with E-state index in [1.165, 1.54) is 0 Å². The Bertz CT molecular complexity index is 987. The molecule has 1 aliphatic rings. The summed E-state index contributed by atoms with van der Waals surface area (Å²) < 4.78 is 4.32. The largest absolute Gasteiger partial charge is 0.480 e. The van der Waals surface area contributed by atoms with Crippen molar-refractivity contribution in [2.45, 2.75) is 24.8 Å². The lowest BCUT2D eigenvalue weighted by molar-refractivity contribution is -0.140. The number of nitrogens with one attached hydrogen (secondary N) is 1. The second kappa shape index (κ2) is 6.40. The highest BCUT2D eigenvalue weighted by Crippen LogP contribution is 2.35. The Morgan fingerprint density at radius 1 is 1.46 bits per heavy atom. The van der Waals surface area contributed by atoms with Crippen molar-refractivity contribution in [3.05, 3.63) is 34.8 Å². The maximum Gasteiger partial charge on any atom is 0.320 e. The summed E-state index contributed by atoms with van der Waals surface area (Å²) in [5.41, 5.74) is 9.77. The van der Waals surface area contributed by atoms with Crippen molar-refractivity contribution < 1.29 is 9.90 Å². The summed E-state index contributed by atoms with van der Waals surface area (Å²) in [6, 6.07) is 1.51. The van der Waals surface area contributed by atoms with Crippen molar-refractivity contribution in [1.29, 1.82) is 0 Å². The summed E-state index contributed by atoms with van der Waals surface area (Å²) in [6.45, 7) is 0.549. The number of aromatic nitrogens is 4. The Hall–Kier alpha value is -2.39. The van der Waals surface area contributed by atoms with E-state index in [1.54, 1.807) is 10.7 Å². The van der Waals surface area contributed by atoms with Crippen molar-refractivity contribution in [3.8, 4) is 11.1 Å². The molecule has 1 fully saturated rings. The lowest BCUT2D eigenvalue weighted by atomic mass is 9.92. The van der Waals surface area contributed by atoms with E-state index >= 15 is 0 Å². The third kappa shape index (κ3) is 2.77. The summed E-state index contributed by atoms with van der Waals surface area (Å²) >= 11 is 3.55. The molecule has 8 nitrogen and oxygen atoms in total. The number of halogens is 1. The molecule has 0 spiro atoms. The van der Waals surface area contributed by atoms with Crippen molar-refractivity contribution in [3.63, 3.8) is 0 Å². The van der Waals surface area contributed by atoms with E-state index in [1.807, 2.05) is 30.1 Å². The van der Waals surface area contributed by atoms with Crippen LogP contribution in [0.4, 0.5) is 5.82 Å². The van der Waals surface area contributed by atoms with Gasteiger partial charge < -0.3 is 20.7 Å². The van der Waals surface area contributed by atoms with Gasteiger partial charge in [-0.2, -0.15) is 9.61 Å². The number of carbonyl (C=O) groups is 1. The maximum absolute atomic E-state index is 11.1. The summed E-state index contributed by atoms with van der Waals surface area (Å²) in [5.74, 6) is -0.231. The molecule has 4 N–H and O–H groups in total. The van der Waals surface area contributed by atoms with E-state index in [2.05, 4.69) is 26.3 Å². The number of hydrogen-bond acceptors (Lipinski definition) is 5. The first-order chi connectivity index (χ1) is 12.5. The van der Waals surface area contributed by atoms with Gasteiger partial charge in [-0.1, -0.05) is 0 Å². The first-order valence-electron chi connectivity index (χ1n) is 8.37. The fourth-order valence-electron chi connectivity index (χ4n) is 3.45. The minimum atomic E-state index is -0.812. The lowest BCUT2D eigenvalue weighted by Gasteiger charge is -2.28. The minimum absolute atomic E-state index is 0.0887. The number of anilines is 1. The molecule has 0 saturated carbocycles. The normalized spacial score (nSPS) is 20.5. The Balaban J connectivity index is 1.76. The number of nitrogen functional groups attached to an aromatic ring is 1. The van der Waals surface area contributed by atoms with Gasteiger partial charge in [0.1, 0.15) is 11.9 Å². The van der Waals surface area contributed by atoms with Gasteiger partial charge in [-0.05, 0) is 34.8 Å². The molecule has 3 aromatic rings. The van der Waals surface area contributed by atoms with Crippen LogP contribution in [0, 0.1) is 0 Å². The molecule has 4 rings (SSSR count). The third-order valence-corrected chi connectivity index (χ3v) is 5.70. The predicted molar refractivity (Wildman–Crippen MR) is 101 cm³/mol. The van der Waals surface area contributed by atoms with Gasteiger partial charge in [-0.15, -0.1) is 0 Å². The van der Waals surface area contributed by atoms with Crippen molar-refractivity contribution in [2.75, 3.05) is 12.3 Å². The van der Waals surface area contributed by atoms with Crippen LogP contribution in [0.15, 0.2) is 29.1 Å². The van der Waals surface area contributed by atoms with Crippen LogP contribution in [-0.2, 0) is 11.8 Å². The smallest absolute Gasteiger partial charge is 0.320 e.